The van der Waals surface area contributed by atoms with Gasteiger partial charge in [0.1, 0.15) is 5.82 Å². The van der Waals surface area contributed by atoms with Crippen LogP contribution in [0.25, 0.3) is 33.6 Å². The van der Waals surface area contributed by atoms with Crippen LogP contribution in [0.15, 0.2) is 78.0 Å². The van der Waals surface area contributed by atoms with Crippen LogP contribution in [0.1, 0.15) is 0 Å². The fourth-order valence-corrected chi connectivity index (χ4v) is 5.08. The summed E-state index contributed by atoms with van der Waals surface area (Å²) in [6.07, 6.45) is 3.45. The van der Waals surface area contributed by atoms with Gasteiger partial charge in [-0.2, -0.15) is 0 Å². The molecular formula is C23H18FN3O2S. The largest absolute Gasteiger partial charge is 0.383 e. The Kier molecular flexibility index (Phi) is 4.40. The third kappa shape index (κ3) is 3.27. The molecule has 150 valence electrons. The van der Waals surface area contributed by atoms with Gasteiger partial charge >= 0.3 is 0 Å². The number of hydrogen-bond acceptors (Lipinski definition) is 4. The summed E-state index contributed by atoms with van der Waals surface area (Å²) in [7, 11) is -3.25. The minimum atomic E-state index is -3.25. The molecule has 0 atom stereocenters. The van der Waals surface area contributed by atoms with Crippen molar-refractivity contribution in [2.24, 2.45) is 0 Å². The number of halogens is 1. The van der Waals surface area contributed by atoms with Gasteiger partial charge in [0.15, 0.2) is 9.84 Å². The molecule has 0 saturated carbocycles. The molecule has 0 saturated heterocycles. The smallest absolute Gasteiger partial charge is 0.182 e. The Labute approximate surface area is 173 Å². The third-order valence-corrected chi connectivity index (χ3v) is 7.02. The minimum absolute atomic E-state index is 0.1000. The average molecular weight is 419 g/mol. The average Bonchev–Trinajstić information content (AvgIpc) is 3.20. The molecule has 0 fully saturated rings. The number of pyridine rings is 1. The molecule has 2 aromatic carbocycles. The molecule has 5 rings (SSSR count). The number of H-pyrrole nitrogens is 1. The third-order valence-electron chi connectivity index (χ3n) is 5.25. The lowest BCUT2D eigenvalue weighted by atomic mass is 10.0. The number of sulfone groups is 1. The molecular weight excluding hydrogens is 401 g/mol. The first-order chi connectivity index (χ1) is 14.5. The molecule has 2 aromatic heterocycles. The highest BCUT2D eigenvalue weighted by Crippen LogP contribution is 2.37. The SMILES string of the molecule is O=S1(=O)CCNc2cc(-c3cc(-c4ccncc4)c(-c4ccc(F)cc4)[nH]3)ccc21. The quantitative estimate of drug-likeness (QED) is 0.503. The topological polar surface area (TPSA) is 74.8 Å². The van der Waals surface area contributed by atoms with Gasteiger partial charge in [-0.3, -0.25) is 4.98 Å². The number of anilines is 1. The van der Waals surface area contributed by atoms with Crippen molar-refractivity contribution < 1.29 is 12.8 Å². The van der Waals surface area contributed by atoms with Gasteiger partial charge < -0.3 is 10.3 Å². The van der Waals surface area contributed by atoms with E-state index in [1.54, 1.807) is 36.7 Å². The molecule has 2 N–H and O–H groups in total. The van der Waals surface area contributed by atoms with E-state index in [-0.39, 0.29) is 11.6 Å². The first-order valence-corrected chi connectivity index (χ1v) is 11.2. The fraction of sp³-hybridized carbons (Fsp3) is 0.0870. The van der Waals surface area contributed by atoms with E-state index in [0.717, 1.165) is 33.6 Å². The molecule has 30 heavy (non-hydrogen) atoms. The van der Waals surface area contributed by atoms with E-state index in [0.29, 0.717) is 17.1 Å². The van der Waals surface area contributed by atoms with Crippen LogP contribution in [0.3, 0.4) is 0 Å². The Balaban J connectivity index is 1.66. The summed E-state index contributed by atoms with van der Waals surface area (Å²) >= 11 is 0. The van der Waals surface area contributed by atoms with E-state index < -0.39 is 9.84 Å². The number of aromatic amines is 1. The van der Waals surface area contributed by atoms with Gasteiger partial charge in [-0.1, -0.05) is 6.07 Å². The predicted molar refractivity (Wildman–Crippen MR) is 115 cm³/mol. The van der Waals surface area contributed by atoms with Crippen LogP contribution in [0, 0.1) is 5.82 Å². The second-order valence-corrected chi connectivity index (χ2v) is 9.25. The maximum Gasteiger partial charge on any atom is 0.182 e. The van der Waals surface area contributed by atoms with Crippen LogP contribution in [0.2, 0.25) is 0 Å². The zero-order chi connectivity index (χ0) is 20.7. The van der Waals surface area contributed by atoms with Crippen LogP contribution in [0.5, 0.6) is 0 Å². The number of rotatable bonds is 3. The highest BCUT2D eigenvalue weighted by atomic mass is 32.2. The summed E-state index contributed by atoms with van der Waals surface area (Å²) in [6.45, 7) is 0.395. The number of hydrogen-bond donors (Lipinski definition) is 2. The Hall–Kier alpha value is -3.45. The zero-order valence-corrected chi connectivity index (χ0v) is 16.7. The molecule has 3 heterocycles. The summed E-state index contributed by atoms with van der Waals surface area (Å²) in [6, 6.07) is 17.5. The molecule has 0 radical (unpaired) electrons. The van der Waals surface area contributed by atoms with Crippen molar-refractivity contribution in [2.75, 3.05) is 17.6 Å². The van der Waals surface area contributed by atoms with Crippen molar-refractivity contribution in [2.45, 2.75) is 4.90 Å². The highest BCUT2D eigenvalue weighted by molar-refractivity contribution is 7.91. The molecule has 0 unspecified atom stereocenters. The summed E-state index contributed by atoms with van der Waals surface area (Å²) in [4.78, 5) is 7.86. The Morgan fingerprint density at radius 2 is 1.60 bits per heavy atom. The van der Waals surface area contributed by atoms with E-state index in [4.69, 9.17) is 0 Å². The van der Waals surface area contributed by atoms with Crippen molar-refractivity contribution >= 4 is 15.5 Å². The van der Waals surface area contributed by atoms with E-state index in [1.165, 1.54) is 12.1 Å². The van der Waals surface area contributed by atoms with E-state index in [2.05, 4.69) is 15.3 Å². The Morgan fingerprint density at radius 3 is 2.37 bits per heavy atom. The maximum atomic E-state index is 13.4. The van der Waals surface area contributed by atoms with Gasteiger partial charge in [0.2, 0.25) is 0 Å². The number of nitrogens with zero attached hydrogens (tertiary/aromatic N) is 1. The molecule has 1 aliphatic heterocycles. The first-order valence-electron chi connectivity index (χ1n) is 9.52. The van der Waals surface area contributed by atoms with Crippen molar-refractivity contribution in [3.8, 4) is 33.6 Å². The van der Waals surface area contributed by atoms with Crippen molar-refractivity contribution in [3.63, 3.8) is 0 Å². The number of aromatic nitrogens is 2. The van der Waals surface area contributed by atoms with Crippen molar-refractivity contribution in [3.05, 3.63) is 78.9 Å². The molecule has 0 bridgehead atoms. The lowest BCUT2D eigenvalue weighted by Gasteiger charge is -2.18. The van der Waals surface area contributed by atoms with Crippen molar-refractivity contribution in [1.29, 1.82) is 0 Å². The molecule has 5 nitrogen and oxygen atoms in total. The van der Waals surface area contributed by atoms with Crippen LogP contribution in [-0.2, 0) is 9.84 Å². The summed E-state index contributed by atoms with van der Waals surface area (Å²) in [5.74, 6) is -0.194. The molecule has 0 amide bonds. The molecule has 7 heteroatoms. The van der Waals surface area contributed by atoms with Gasteiger partial charge in [-0.25, -0.2) is 12.8 Å². The van der Waals surface area contributed by atoms with Gasteiger partial charge in [0.25, 0.3) is 0 Å². The molecule has 4 aromatic rings. The van der Waals surface area contributed by atoms with Crippen LogP contribution < -0.4 is 5.32 Å². The Bertz CT molecular complexity index is 1330. The number of fused-ring (bicyclic) bond motifs is 1. The Morgan fingerprint density at radius 1 is 0.867 bits per heavy atom. The monoisotopic (exact) mass is 419 g/mol. The zero-order valence-electron chi connectivity index (χ0n) is 15.9. The second kappa shape index (κ2) is 7.11. The van der Waals surface area contributed by atoms with Gasteiger partial charge in [0, 0.05) is 35.8 Å². The van der Waals surface area contributed by atoms with Crippen LogP contribution in [0.4, 0.5) is 10.1 Å². The minimum Gasteiger partial charge on any atom is -0.383 e. The first kappa shape index (κ1) is 18.6. The summed E-state index contributed by atoms with van der Waals surface area (Å²) in [5.41, 5.74) is 5.96. The van der Waals surface area contributed by atoms with Crippen LogP contribution >= 0.6 is 0 Å². The van der Waals surface area contributed by atoms with Gasteiger partial charge in [-0.05, 0) is 65.7 Å². The summed E-state index contributed by atoms with van der Waals surface area (Å²) < 4.78 is 38.0. The van der Waals surface area contributed by atoms with E-state index >= 15 is 0 Å². The highest BCUT2D eigenvalue weighted by Gasteiger charge is 2.24. The van der Waals surface area contributed by atoms with E-state index in [9.17, 15) is 12.8 Å². The van der Waals surface area contributed by atoms with Crippen LogP contribution in [-0.4, -0.2) is 30.7 Å². The van der Waals surface area contributed by atoms with Gasteiger partial charge in [0.05, 0.1) is 22.0 Å². The fourth-order valence-electron chi connectivity index (χ4n) is 3.75. The standard InChI is InChI=1S/C23H18FN3O2S/c24-18-4-1-16(2-5-18)23-19(15-7-9-25-10-8-15)14-20(27-23)17-3-6-22-21(13-17)26-11-12-30(22,28)29/h1-10,13-14,26-27H,11-12H2. The molecule has 1 aliphatic rings. The lowest BCUT2D eigenvalue weighted by molar-refractivity contribution is 0.595. The maximum absolute atomic E-state index is 13.4. The second-order valence-electron chi connectivity index (χ2n) is 7.17. The normalized spacial score (nSPS) is 14.7. The number of nitrogens with one attached hydrogen (secondary N) is 2. The van der Waals surface area contributed by atoms with Crippen molar-refractivity contribution in [1.82, 2.24) is 9.97 Å². The van der Waals surface area contributed by atoms with Gasteiger partial charge in [-0.15, -0.1) is 0 Å². The predicted octanol–water partition coefficient (Wildman–Crippen LogP) is 4.75. The van der Waals surface area contributed by atoms with E-state index in [1.807, 2.05) is 24.3 Å². The molecule has 0 spiro atoms. The molecule has 0 aliphatic carbocycles. The lowest BCUT2D eigenvalue weighted by Crippen LogP contribution is -2.23. The number of benzene rings is 2. The summed E-state index contributed by atoms with van der Waals surface area (Å²) in [5, 5.41) is 3.18.